The van der Waals surface area contributed by atoms with Crippen LogP contribution in [0.15, 0.2) is 36.5 Å². The first-order chi connectivity index (χ1) is 31.3. The number of likely N-dealkylation sites (N-methyl/N-ethyl adjacent to an activating group) is 1. The van der Waals surface area contributed by atoms with Crippen LogP contribution in [0.2, 0.25) is 0 Å². The quantitative estimate of drug-likeness (QED) is 0.153. The van der Waals surface area contributed by atoms with E-state index in [9.17, 15) is 24.3 Å². The highest BCUT2D eigenvalue weighted by Gasteiger charge is 2.55. The fraction of sp³-hybridized carbons (Fsp3) is 0.583. The highest BCUT2D eigenvalue weighted by Crippen LogP contribution is 2.56. The van der Waals surface area contributed by atoms with Gasteiger partial charge in [0, 0.05) is 68.1 Å². The molecule has 2 saturated carbocycles. The van der Waals surface area contributed by atoms with Gasteiger partial charge < -0.3 is 40.1 Å². The molecule has 2 aliphatic carbocycles. The number of nitrogens with zero attached hydrogens (tertiary/aromatic N) is 6. The van der Waals surface area contributed by atoms with Crippen LogP contribution in [-0.2, 0) is 14.4 Å². The molecule has 0 bridgehead atoms. The molecule has 3 aromatic rings. The van der Waals surface area contributed by atoms with E-state index in [1.807, 2.05) is 11.8 Å². The predicted molar refractivity (Wildman–Crippen MR) is 242 cm³/mol. The van der Waals surface area contributed by atoms with E-state index in [1.54, 1.807) is 43.5 Å². The highest BCUT2D eigenvalue weighted by molar-refractivity contribution is 6.04. The Hall–Kier alpha value is -5.42. The van der Waals surface area contributed by atoms with E-state index in [0.29, 0.717) is 66.2 Å². The molecular weight excluding hydrogens is 837 g/mol. The summed E-state index contributed by atoms with van der Waals surface area (Å²) in [5.74, 6) is -1.94. The number of anilines is 5. The summed E-state index contributed by atoms with van der Waals surface area (Å²) < 4.78 is 36.4. The summed E-state index contributed by atoms with van der Waals surface area (Å²) in [6.07, 6.45) is 11.7. The van der Waals surface area contributed by atoms with Gasteiger partial charge in [-0.1, -0.05) is 19.8 Å². The number of nitrogens with one attached hydrogen (secondary N) is 3. The van der Waals surface area contributed by atoms with Crippen LogP contribution in [0.1, 0.15) is 112 Å². The molecule has 5 fully saturated rings. The minimum absolute atomic E-state index is 0.0395. The van der Waals surface area contributed by atoms with Crippen LogP contribution in [0.4, 0.5) is 37.6 Å². The van der Waals surface area contributed by atoms with E-state index in [-0.39, 0.29) is 54.3 Å². The van der Waals surface area contributed by atoms with Crippen LogP contribution in [0, 0.1) is 23.0 Å². The first-order valence-corrected chi connectivity index (χ1v) is 23.4. The van der Waals surface area contributed by atoms with Crippen molar-refractivity contribution in [2.24, 2.45) is 11.3 Å². The summed E-state index contributed by atoms with van der Waals surface area (Å²) in [5.41, 5.74) is 1.46. The molecule has 5 heterocycles. The zero-order valence-electron chi connectivity index (χ0n) is 37.6. The number of aliphatic hydroxyl groups excluding tert-OH is 1. The lowest BCUT2D eigenvalue weighted by Crippen LogP contribution is -2.64. The smallest absolute Gasteiger partial charge is 0.251 e. The van der Waals surface area contributed by atoms with Crippen molar-refractivity contribution in [2.45, 2.75) is 114 Å². The van der Waals surface area contributed by atoms with Crippen molar-refractivity contribution in [1.29, 1.82) is 0 Å². The molecule has 1 aromatic heterocycles. The number of likely N-dealkylation sites (tertiary alicyclic amines) is 1. The van der Waals surface area contributed by atoms with E-state index >= 15 is 8.78 Å². The second-order valence-corrected chi connectivity index (χ2v) is 19.4. The Bertz CT molecular complexity index is 2300. The van der Waals surface area contributed by atoms with Gasteiger partial charge in [-0.15, -0.1) is 0 Å². The van der Waals surface area contributed by atoms with Gasteiger partial charge >= 0.3 is 0 Å². The van der Waals surface area contributed by atoms with E-state index in [4.69, 9.17) is 9.72 Å². The lowest BCUT2D eigenvalue weighted by molar-refractivity contribution is -0.134. The highest BCUT2D eigenvalue weighted by atomic mass is 19.1. The maximum Gasteiger partial charge on any atom is 0.251 e. The first-order valence-electron chi connectivity index (χ1n) is 23.4. The molecule has 0 radical (unpaired) electrons. The number of aromatic nitrogens is 2. The Morgan fingerprint density at radius 1 is 1.02 bits per heavy atom. The van der Waals surface area contributed by atoms with Crippen molar-refractivity contribution in [3.8, 4) is 5.75 Å². The fourth-order valence-electron chi connectivity index (χ4n) is 11.9. The number of halogens is 2. The molecular formula is C48H61F2N9O6. The molecule has 2 aromatic carbocycles. The van der Waals surface area contributed by atoms with Crippen molar-refractivity contribution in [3.05, 3.63) is 59.3 Å². The Labute approximate surface area is 378 Å². The molecule has 17 heteroatoms. The summed E-state index contributed by atoms with van der Waals surface area (Å²) in [6.45, 7) is 6.05. The number of benzene rings is 2. The predicted octanol–water partition coefficient (Wildman–Crippen LogP) is 5.78. The van der Waals surface area contributed by atoms with Gasteiger partial charge in [-0.05, 0) is 119 Å². The third-order valence-corrected chi connectivity index (χ3v) is 15.3. The number of rotatable bonds is 13. The van der Waals surface area contributed by atoms with Gasteiger partial charge in [0.15, 0.2) is 5.82 Å². The minimum atomic E-state index is -1.02. The molecule has 4 aliphatic heterocycles. The summed E-state index contributed by atoms with van der Waals surface area (Å²) in [4.78, 5) is 69.0. The topological polar surface area (TPSA) is 173 Å². The molecule has 1 unspecified atom stereocenters. The normalized spacial score (nSPS) is 24.2. The molecule has 1 spiro atoms. The number of hydrogen-bond acceptors (Lipinski definition) is 12. The van der Waals surface area contributed by atoms with Gasteiger partial charge in [-0.2, -0.15) is 4.98 Å². The van der Waals surface area contributed by atoms with E-state index in [0.717, 1.165) is 83.2 Å². The van der Waals surface area contributed by atoms with Gasteiger partial charge in [-0.25, -0.2) is 13.8 Å². The number of fused-ring (bicyclic) bond motifs is 1. The molecule has 15 nitrogen and oxygen atoms in total. The number of carbonyl (C=O) groups excluding carboxylic acids is 4. The van der Waals surface area contributed by atoms with Crippen molar-refractivity contribution >= 4 is 52.5 Å². The number of aliphatic hydroxyl groups is 1. The lowest BCUT2D eigenvalue weighted by Gasteiger charge is -2.59. The Morgan fingerprint density at radius 3 is 2.43 bits per heavy atom. The fourth-order valence-corrected chi connectivity index (χ4v) is 11.9. The van der Waals surface area contributed by atoms with E-state index in [2.05, 4.69) is 30.7 Å². The van der Waals surface area contributed by atoms with Gasteiger partial charge in [0.1, 0.15) is 29.1 Å². The zero-order valence-corrected chi connectivity index (χ0v) is 37.6. The number of ether oxygens (including phenoxy) is 1. The Balaban J connectivity index is 0.791. The summed E-state index contributed by atoms with van der Waals surface area (Å²) in [6, 6.07) is 7.82. The van der Waals surface area contributed by atoms with Crippen molar-refractivity contribution in [3.63, 3.8) is 0 Å². The average molecular weight is 898 g/mol. The van der Waals surface area contributed by atoms with E-state index < -0.39 is 34.9 Å². The third kappa shape index (κ3) is 8.73. The number of imide groups is 1. The second-order valence-electron chi connectivity index (χ2n) is 19.4. The molecule has 9 rings (SSSR count). The number of carbonyl (C=O) groups is 4. The number of hydrogen-bond donors (Lipinski definition) is 4. The molecule has 3 atom stereocenters. The largest absolute Gasteiger partial charge is 0.495 e. The molecule has 3 saturated heterocycles. The molecule has 65 heavy (non-hydrogen) atoms. The Morgan fingerprint density at radius 2 is 1.75 bits per heavy atom. The van der Waals surface area contributed by atoms with Crippen LogP contribution >= 0.6 is 0 Å². The maximum atomic E-state index is 15.3. The van der Waals surface area contributed by atoms with Crippen molar-refractivity contribution < 1.29 is 37.8 Å². The summed E-state index contributed by atoms with van der Waals surface area (Å²) in [5, 5.41) is 18.9. The minimum Gasteiger partial charge on any atom is -0.495 e. The van der Waals surface area contributed by atoms with Crippen molar-refractivity contribution in [2.75, 3.05) is 73.5 Å². The van der Waals surface area contributed by atoms with Crippen LogP contribution < -0.4 is 35.4 Å². The molecule has 4 amide bonds. The van der Waals surface area contributed by atoms with Gasteiger partial charge in [0.2, 0.25) is 23.7 Å². The van der Waals surface area contributed by atoms with Crippen molar-refractivity contribution in [1.82, 2.24) is 25.5 Å². The first kappa shape index (κ1) is 44.8. The maximum absolute atomic E-state index is 15.3. The third-order valence-electron chi connectivity index (χ3n) is 15.3. The molecule has 6 aliphatic rings. The van der Waals surface area contributed by atoms with Crippen LogP contribution in [-0.4, -0.2) is 115 Å². The zero-order chi connectivity index (χ0) is 45.6. The monoisotopic (exact) mass is 897 g/mol. The van der Waals surface area contributed by atoms with Crippen LogP contribution in [0.3, 0.4) is 0 Å². The summed E-state index contributed by atoms with van der Waals surface area (Å²) >= 11 is 0. The van der Waals surface area contributed by atoms with E-state index in [1.165, 1.54) is 12.1 Å². The van der Waals surface area contributed by atoms with Gasteiger partial charge in [0.05, 0.1) is 24.9 Å². The van der Waals surface area contributed by atoms with Gasteiger partial charge in [-0.3, -0.25) is 24.5 Å². The average Bonchev–Trinajstić information content (AvgIpc) is 3.99. The Kier molecular flexibility index (Phi) is 12.5. The number of amides is 4. The summed E-state index contributed by atoms with van der Waals surface area (Å²) in [7, 11) is 3.33. The second kappa shape index (κ2) is 18.1. The SMILES string of the molecule is CC[C@@H]1C(=O)N(C)c2cnc(Nc3ccc(C(=O)NC4(CCO)CC5(CCN(C[C@H]6CCN(c7cc(F)c(C8CCC(=O)NC8=O)c(F)c7)C6)CC5)C4)cc3OC)nc2N1C1CCCC1. The lowest BCUT2D eigenvalue weighted by atomic mass is 9.52. The van der Waals surface area contributed by atoms with Crippen LogP contribution in [0.25, 0.3) is 0 Å². The molecule has 4 N–H and O–H groups in total. The number of piperidine rings is 2. The van der Waals surface area contributed by atoms with Gasteiger partial charge in [0.25, 0.3) is 5.91 Å². The molecule has 348 valence electrons. The number of methoxy groups -OCH3 is 1. The standard InChI is InChI=1S/C48H61F2N9O6/c1-4-37-45(64)56(2)38-24-51-46(54-42(38)59(37)31-7-5-6-8-31)52-36-11-9-30(21-39(36)65-3)43(62)55-48(16-20-60)27-47(28-48)14-18-57(19-15-47)25-29-13-17-58(26-29)32-22-34(49)41(35(50)23-32)33-10-12-40(61)53-44(33)63/h9,11,21-24,29,31,33,37,60H,4-8,10,12-20,25-28H2,1-3H3,(H,55,62)(H,51,52,54)(H,53,61,63)/t29-,33?,37-/m1/s1. The van der Waals surface area contributed by atoms with Crippen LogP contribution in [0.5, 0.6) is 5.75 Å².